The highest BCUT2D eigenvalue weighted by Crippen LogP contribution is 2.20. The maximum Gasteiger partial charge on any atom is 0.231 e. The van der Waals surface area contributed by atoms with Crippen molar-refractivity contribution in [1.29, 1.82) is 0 Å². The van der Waals surface area contributed by atoms with Crippen LogP contribution in [0.2, 0.25) is 0 Å². The number of imidazole rings is 1. The molecular weight excluding hydrogens is 312 g/mol. The van der Waals surface area contributed by atoms with Crippen molar-refractivity contribution in [1.82, 2.24) is 9.55 Å². The third kappa shape index (κ3) is 5.08. The van der Waals surface area contributed by atoms with Gasteiger partial charge in [-0.1, -0.05) is 51.1 Å². The van der Waals surface area contributed by atoms with Crippen molar-refractivity contribution in [2.45, 2.75) is 33.4 Å². The number of benzene rings is 1. The third-order valence-corrected chi connectivity index (χ3v) is 3.65. The van der Waals surface area contributed by atoms with Crippen LogP contribution < -0.4 is 11.1 Å². The lowest BCUT2D eigenvalue weighted by Crippen LogP contribution is -2.31. The standard InChI is InChI=1S/C17H24N4O.ClH/c1-12(2)11-21-10-9-19-17(21)20-16(22)13(3)15(18)14-7-5-4-6-8-14;/h4-10,12-13,15H,11,18H2,1-3H3,(H,19,20,22);1H. The van der Waals surface area contributed by atoms with Crippen molar-refractivity contribution < 1.29 is 4.79 Å². The second kappa shape index (κ2) is 8.70. The molecule has 0 spiro atoms. The highest BCUT2D eigenvalue weighted by molar-refractivity contribution is 5.91. The van der Waals surface area contributed by atoms with Gasteiger partial charge < -0.3 is 10.3 Å². The largest absolute Gasteiger partial charge is 0.323 e. The summed E-state index contributed by atoms with van der Waals surface area (Å²) < 4.78 is 1.95. The molecule has 2 rings (SSSR count). The lowest BCUT2D eigenvalue weighted by Gasteiger charge is -2.20. The van der Waals surface area contributed by atoms with Gasteiger partial charge in [-0.2, -0.15) is 0 Å². The zero-order valence-corrected chi connectivity index (χ0v) is 14.6. The Morgan fingerprint density at radius 1 is 1.26 bits per heavy atom. The maximum absolute atomic E-state index is 12.4. The average molecular weight is 337 g/mol. The Morgan fingerprint density at radius 3 is 2.52 bits per heavy atom. The van der Waals surface area contributed by atoms with Crippen molar-refractivity contribution in [2.24, 2.45) is 17.6 Å². The number of amides is 1. The Kier molecular flexibility index (Phi) is 7.26. The smallest absolute Gasteiger partial charge is 0.231 e. The van der Waals surface area contributed by atoms with E-state index >= 15 is 0 Å². The van der Waals surface area contributed by atoms with Gasteiger partial charge in [0.25, 0.3) is 0 Å². The number of nitrogens with one attached hydrogen (secondary N) is 1. The minimum absolute atomic E-state index is 0. The maximum atomic E-state index is 12.4. The van der Waals surface area contributed by atoms with Crippen molar-refractivity contribution in [3.05, 3.63) is 48.3 Å². The van der Waals surface area contributed by atoms with Crippen LogP contribution in [0.4, 0.5) is 5.95 Å². The van der Waals surface area contributed by atoms with E-state index in [-0.39, 0.29) is 30.3 Å². The van der Waals surface area contributed by atoms with E-state index in [1.165, 1.54) is 0 Å². The first-order valence-corrected chi connectivity index (χ1v) is 7.61. The lowest BCUT2D eigenvalue weighted by atomic mass is 9.95. The zero-order chi connectivity index (χ0) is 16.1. The van der Waals surface area contributed by atoms with Crippen LogP contribution in [0.15, 0.2) is 42.7 Å². The number of nitrogens with zero attached hydrogens (tertiary/aromatic N) is 2. The predicted molar refractivity (Wildman–Crippen MR) is 95.5 cm³/mol. The van der Waals surface area contributed by atoms with Crippen LogP contribution in [0.5, 0.6) is 0 Å². The fourth-order valence-electron chi connectivity index (χ4n) is 2.33. The number of carbonyl (C=O) groups is 1. The Hall–Kier alpha value is -1.85. The Morgan fingerprint density at radius 2 is 1.91 bits per heavy atom. The molecule has 1 aromatic heterocycles. The number of hydrogen-bond donors (Lipinski definition) is 2. The lowest BCUT2D eigenvalue weighted by molar-refractivity contribution is -0.120. The molecule has 23 heavy (non-hydrogen) atoms. The van der Waals surface area contributed by atoms with E-state index in [0.717, 1.165) is 12.1 Å². The molecule has 0 aliphatic rings. The molecule has 0 fully saturated rings. The number of halogens is 1. The number of rotatable bonds is 6. The second-order valence-corrected chi connectivity index (χ2v) is 6.01. The van der Waals surface area contributed by atoms with Crippen molar-refractivity contribution in [2.75, 3.05) is 5.32 Å². The predicted octanol–water partition coefficient (Wildman–Crippen LogP) is 3.24. The molecule has 0 saturated carbocycles. The van der Waals surface area contributed by atoms with Crippen LogP contribution in [0.1, 0.15) is 32.4 Å². The summed E-state index contributed by atoms with van der Waals surface area (Å²) in [6.45, 7) is 6.90. The van der Waals surface area contributed by atoms with E-state index in [9.17, 15) is 4.79 Å². The molecule has 2 atom stereocenters. The van der Waals surface area contributed by atoms with E-state index < -0.39 is 0 Å². The van der Waals surface area contributed by atoms with Gasteiger partial charge in [-0.05, 0) is 11.5 Å². The number of hydrogen-bond acceptors (Lipinski definition) is 3. The van der Waals surface area contributed by atoms with Crippen LogP contribution in [0, 0.1) is 11.8 Å². The van der Waals surface area contributed by atoms with Gasteiger partial charge in [0.05, 0.1) is 5.92 Å². The molecule has 0 saturated heterocycles. The van der Waals surface area contributed by atoms with E-state index in [1.54, 1.807) is 6.20 Å². The first-order valence-electron chi connectivity index (χ1n) is 7.61. The Labute approximate surface area is 143 Å². The summed E-state index contributed by atoms with van der Waals surface area (Å²) in [5, 5.41) is 2.88. The van der Waals surface area contributed by atoms with Gasteiger partial charge in [0, 0.05) is 25.0 Å². The zero-order valence-electron chi connectivity index (χ0n) is 13.8. The highest BCUT2D eigenvalue weighted by Gasteiger charge is 2.23. The first kappa shape index (κ1) is 19.2. The van der Waals surface area contributed by atoms with Crippen molar-refractivity contribution in [3.63, 3.8) is 0 Å². The molecule has 5 nitrogen and oxygen atoms in total. The second-order valence-electron chi connectivity index (χ2n) is 6.01. The Balaban J connectivity index is 0.00000264. The molecule has 0 radical (unpaired) electrons. The SMILES string of the molecule is CC(C)Cn1ccnc1NC(=O)C(C)C(N)c1ccccc1.Cl. The molecule has 0 bridgehead atoms. The van der Waals surface area contributed by atoms with Crippen molar-refractivity contribution in [3.8, 4) is 0 Å². The third-order valence-electron chi connectivity index (χ3n) is 3.65. The molecule has 1 heterocycles. The molecule has 2 unspecified atom stereocenters. The van der Waals surface area contributed by atoms with Gasteiger partial charge in [0.15, 0.2) is 0 Å². The number of nitrogens with two attached hydrogens (primary N) is 1. The summed E-state index contributed by atoms with van der Waals surface area (Å²) in [5.74, 6) is 0.596. The topological polar surface area (TPSA) is 72.9 Å². The molecule has 1 amide bonds. The minimum atomic E-state index is -0.341. The van der Waals surface area contributed by atoms with Gasteiger partial charge in [-0.3, -0.25) is 10.1 Å². The molecule has 3 N–H and O–H groups in total. The summed E-state index contributed by atoms with van der Waals surface area (Å²) >= 11 is 0. The van der Waals surface area contributed by atoms with E-state index in [4.69, 9.17) is 5.73 Å². The van der Waals surface area contributed by atoms with E-state index in [2.05, 4.69) is 24.1 Å². The van der Waals surface area contributed by atoms with Gasteiger partial charge >= 0.3 is 0 Å². The van der Waals surface area contributed by atoms with Gasteiger partial charge in [-0.15, -0.1) is 12.4 Å². The number of carbonyl (C=O) groups excluding carboxylic acids is 1. The fraction of sp³-hybridized carbons (Fsp3) is 0.412. The minimum Gasteiger partial charge on any atom is -0.323 e. The van der Waals surface area contributed by atoms with E-state index in [0.29, 0.717) is 11.9 Å². The molecule has 0 aliphatic carbocycles. The van der Waals surface area contributed by atoms with Crippen LogP contribution in [-0.2, 0) is 11.3 Å². The number of aromatic nitrogens is 2. The highest BCUT2D eigenvalue weighted by atomic mass is 35.5. The van der Waals surface area contributed by atoms with E-state index in [1.807, 2.05) is 48.0 Å². The number of anilines is 1. The first-order chi connectivity index (χ1) is 10.5. The fourth-order valence-corrected chi connectivity index (χ4v) is 2.33. The molecule has 126 valence electrons. The molecule has 0 aliphatic heterocycles. The molecular formula is C17H25ClN4O. The molecule has 2 aromatic rings. The summed E-state index contributed by atoms with van der Waals surface area (Å²) in [4.78, 5) is 16.6. The molecule has 6 heteroatoms. The van der Waals surface area contributed by atoms with Gasteiger partial charge in [0.2, 0.25) is 11.9 Å². The van der Waals surface area contributed by atoms with Crippen LogP contribution in [0.25, 0.3) is 0 Å². The summed E-state index contributed by atoms with van der Waals surface area (Å²) in [6.07, 6.45) is 3.57. The summed E-state index contributed by atoms with van der Waals surface area (Å²) in [5.41, 5.74) is 7.15. The Bertz CT molecular complexity index is 612. The van der Waals surface area contributed by atoms with Gasteiger partial charge in [-0.25, -0.2) is 4.98 Å². The summed E-state index contributed by atoms with van der Waals surface area (Å²) in [7, 11) is 0. The molecule has 1 aromatic carbocycles. The summed E-state index contributed by atoms with van der Waals surface area (Å²) in [6, 6.07) is 9.32. The average Bonchev–Trinajstić information content (AvgIpc) is 2.92. The van der Waals surface area contributed by atoms with Gasteiger partial charge in [0.1, 0.15) is 0 Å². The normalized spacial score (nSPS) is 13.3. The van der Waals surface area contributed by atoms with Crippen molar-refractivity contribution >= 4 is 24.3 Å². The monoisotopic (exact) mass is 336 g/mol. The quantitative estimate of drug-likeness (QED) is 0.850. The van der Waals surface area contributed by atoms with Crippen LogP contribution >= 0.6 is 12.4 Å². The van der Waals surface area contributed by atoms with Crippen LogP contribution in [-0.4, -0.2) is 15.5 Å². The van der Waals surface area contributed by atoms with Crippen LogP contribution in [0.3, 0.4) is 0 Å².